The number of benzene rings is 1. The second-order valence-electron chi connectivity index (χ2n) is 3.04. The van der Waals surface area contributed by atoms with Gasteiger partial charge in [-0.1, -0.05) is 12.1 Å². The molecule has 0 aliphatic heterocycles. The molecule has 0 saturated heterocycles. The van der Waals surface area contributed by atoms with Crippen molar-refractivity contribution in [1.29, 1.82) is 0 Å². The van der Waals surface area contributed by atoms with Crippen molar-refractivity contribution in [2.24, 2.45) is 0 Å². The molecule has 0 atom stereocenters. The van der Waals surface area contributed by atoms with E-state index in [9.17, 15) is 0 Å². The number of rotatable bonds is 6. The van der Waals surface area contributed by atoms with Crippen LogP contribution >= 0.6 is 35.6 Å². The van der Waals surface area contributed by atoms with Gasteiger partial charge in [0.2, 0.25) is 0 Å². The molecule has 0 spiro atoms. The summed E-state index contributed by atoms with van der Waals surface area (Å²) in [5.74, 6) is 2.01. The zero-order chi connectivity index (χ0) is 11.1. The minimum atomic E-state index is 0. The summed E-state index contributed by atoms with van der Waals surface area (Å²) in [6.07, 6.45) is 0. The van der Waals surface area contributed by atoms with Gasteiger partial charge in [-0.3, -0.25) is 0 Å². The minimum absolute atomic E-state index is 0. The van der Waals surface area contributed by atoms with Crippen LogP contribution in [0.2, 0.25) is 0 Å². The predicted octanol–water partition coefficient (Wildman–Crippen LogP) is 3.40. The molecular weight excluding hydrogens is 268 g/mol. The standard InChI is InChI=1S/C11H15Cl2NO.ClH/c1-15-11-5-3-2-4-10(11)14(8-6-12)9-7-13;/h2-5H,6-9H2,1H3;1H. The number of halogens is 3. The molecule has 0 aromatic heterocycles. The second kappa shape index (κ2) is 8.80. The van der Waals surface area contributed by atoms with Crippen LogP contribution in [0, 0.1) is 0 Å². The van der Waals surface area contributed by atoms with Gasteiger partial charge in [0.1, 0.15) is 5.75 Å². The lowest BCUT2D eigenvalue weighted by atomic mass is 10.2. The Morgan fingerprint density at radius 3 is 2.19 bits per heavy atom. The molecule has 0 bridgehead atoms. The summed E-state index contributed by atoms with van der Waals surface area (Å²) in [5.41, 5.74) is 1.04. The summed E-state index contributed by atoms with van der Waals surface area (Å²) in [5, 5.41) is 0. The van der Waals surface area contributed by atoms with Crippen molar-refractivity contribution >= 4 is 41.3 Å². The smallest absolute Gasteiger partial charge is 0.142 e. The Balaban J connectivity index is 0.00000225. The lowest BCUT2D eigenvalue weighted by molar-refractivity contribution is 0.414. The van der Waals surface area contributed by atoms with Gasteiger partial charge in [-0.05, 0) is 12.1 Å². The minimum Gasteiger partial charge on any atom is -0.495 e. The number of methoxy groups -OCH3 is 1. The van der Waals surface area contributed by atoms with Crippen molar-refractivity contribution in [3.05, 3.63) is 24.3 Å². The van der Waals surface area contributed by atoms with Crippen LogP contribution in [-0.4, -0.2) is 32.0 Å². The molecule has 0 N–H and O–H groups in total. The topological polar surface area (TPSA) is 12.5 Å². The Kier molecular flexibility index (Phi) is 8.63. The number of hydrogen-bond acceptors (Lipinski definition) is 2. The summed E-state index contributed by atoms with van der Waals surface area (Å²) < 4.78 is 5.29. The third kappa shape index (κ3) is 4.28. The van der Waals surface area contributed by atoms with E-state index >= 15 is 0 Å². The zero-order valence-electron chi connectivity index (χ0n) is 9.16. The van der Waals surface area contributed by atoms with Gasteiger partial charge in [0.05, 0.1) is 12.8 Å². The third-order valence-electron chi connectivity index (χ3n) is 2.13. The summed E-state index contributed by atoms with van der Waals surface area (Å²) in [7, 11) is 1.67. The lowest BCUT2D eigenvalue weighted by Crippen LogP contribution is -2.27. The summed E-state index contributed by atoms with van der Waals surface area (Å²) in [4.78, 5) is 2.12. The number of nitrogens with zero attached hydrogens (tertiary/aromatic N) is 1. The highest BCUT2D eigenvalue weighted by molar-refractivity contribution is 6.18. The first-order chi connectivity index (χ1) is 7.33. The van der Waals surface area contributed by atoms with Crippen LogP contribution < -0.4 is 9.64 Å². The predicted molar refractivity (Wildman–Crippen MR) is 73.9 cm³/mol. The first-order valence-corrected chi connectivity index (χ1v) is 5.90. The Morgan fingerprint density at radius 1 is 1.12 bits per heavy atom. The molecule has 1 rings (SSSR count). The molecule has 0 saturated carbocycles. The summed E-state index contributed by atoms with van der Waals surface area (Å²) >= 11 is 11.5. The van der Waals surface area contributed by atoms with Gasteiger partial charge in [0.15, 0.2) is 0 Å². The van der Waals surface area contributed by atoms with Gasteiger partial charge in [-0.25, -0.2) is 0 Å². The van der Waals surface area contributed by atoms with Crippen LogP contribution in [0.4, 0.5) is 5.69 Å². The molecule has 0 heterocycles. The molecule has 0 radical (unpaired) electrons. The first-order valence-electron chi connectivity index (χ1n) is 4.83. The van der Waals surface area contributed by atoms with Crippen molar-refractivity contribution in [1.82, 2.24) is 0 Å². The van der Waals surface area contributed by atoms with Gasteiger partial charge in [-0.15, -0.1) is 35.6 Å². The summed E-state index contributed by atoms with van der Waals surface area (Å²) in [6.45, 7) is 1.54. The van der Waals surface area contributed by atoms with Gasteiger partial charge in [-0.2, -0.15) is 0 Å². The molecule has 0 amide bonds. The number of ether oxygens (including phenoxy) is 1. The van der Waals surface area contributed by atoms with E-state index in [4.69, 9.17) is 27.9 Å². The van der Waals surface area contributed by atoms with E-state index in [-0.39, 0.29) is 12.4 Å². The molecule has 0 aliphatic rings. The van der Waals surface area contributed by atoms with Crippen molar-refractivity contribution in [2.75, 3.05) is 36.9 Å². The molecule has 92 valence electrons. The van der Waals surface area contributed by atoms with Crippen LogP contribution in [0.5, 0.6) is 5.75 Å². The van der Waals surface area contributed by atoms with E-state index in [1.54, 1.807) is 7.11 Å². The quantitative estimate of drug-likeness (QED) is 0.742. The average molecular weight is 285 g/mol. The largest absolute Gasteiger partial charge is 0.495 e. The third-order valence-corrected chi connectivity index (χ3v) is 2.47. The Bertz CT molecular complexity index is 290. The van der Waals surface area contributed by atoms with Crippen LogP contribution in [0.25, 0.3) is 0 Å². The van der Waals surface area contributed by atoms with Crippen LogP contribution in [0.15, 0.2) is 24.3 Å². The average Bonchev–Trinajstić information content (AvgIpc) is 2.29. The van der Waals surface area contributed by atoms with Crippen molar-refractivity contribution in [2.45, 2.75) is 0 Å². The molecule has 16 heavy (non-hydrogen) atoms. The van der Waals surface area contributed by atoms with E-state index in [1.807, 2.05) is 24.3 Å². The fraction of sp³-hybridized carbons (Fsp3) is 0.455. The van der Waals surface area contributed by atoms with Crippen molar-refractivity contribution in [3.63, 3.8) is 0 Å². The van der Waals surface area contributed by atoms with E-state index < -0.39 is 0 Å². The number of anilines is 1. The number of alkyl halides is 2. The molecule has 1 aromatic rings. The van der Waals surface area contributed by atoms with E-state index in [0.29, 0.717) is 11.8 Å². The van der Waals surface area contributed by atoms with Gasteiger partial charge >= 0.3 is 0 Å². The van der Waals surface area contributed by atoms with E-state index in [2.05, 4.69) is 4.90 Å². The molecule has 2 nitrogen and oxygen atoms in total. The van der Waals surface area contributed by atoms with Gasteiger partial charge in [0, 0.05) is 24.8 Å². The highest BCUT2D eigenvalue weighted by Gasteiger charge is 2.09. The van der Waals surface area contributed by atoms with Crippen molar-refractivity contribution < 1.29 is 4.74 Å². The molecule has 0 unspecified atom stereocenters. The molecule has 5 heteroatoms. The normalized spacial score (nSPS) is 9.44. The van der Waals surface area contributed by atoms with E-state index in [1.165, 1.54) is 0 Å². The van der Waals surface area contributed by atoms with Crippen LogP contribution in [0.1, 0.15) is 0 Å². The fourth-order valence-electron chi connectivity index (χ4n) is 1.45. The first kappa shape index (κ1) is 15.7. The molecular formula is C11H16Cl3NO. The summed E-state index contributed by atoms with van der Waals surface area (Å²) in [6, 6.07) is 7.87. The SMILES string of the molecule is COc1ccccc1N(CCCl)CCCl.Cl. The molecule has 0 aliphatic carbocycles. The molecule has 0 fully saturated rings. The highest BCUT2D eigenvalue weighted by atomic mass is 35.5. The van der Waals surface area contributed by atoms with Crippen LogP contribution in [0.3, 0.4) is 0 Å². The van der Waals surface area contributed by atoms with Gasteiger partial charge < -0.3 is 9.64 Å². The zero-order valence-corrected chi connectivity index (χ0v) is 11.5. The number of para-hydroxylation sites is 2. The number of hydrogen-bond donors (Lipinski definition) is 0. The Hall–Kier alpha value is -0.310. The maximum Gasteiger partial charge on any atom is 0.142 e. The van der Waals surface area contributed by atoms with Gasteiger partial charge in [0.25, 0.3) is 0 Å². The monoisotopic (exact) mass is 283 g/mol. The van der Waals surface area contributed by atoms with Crippen molar-refractivity contribution in [3.8, 4) is 5.75 Å². The fourth-order valence-corrected chi connectivity index (χ4v) is 1.86. The Morgan fingerprint density at radius 2 is 1.69 bits per heavy atom. The maximum absolute atomic E-state index is 5.75. The Labute approximate surface area is 113 Å². The van der Waals surface area contributed by atoms with Crippen LogP contribution in [-0.2, 0) is 0 Å². The highest BCUT2D eigenvalue weighted by Crippen LogP contribution is 2.27. The van der Waals surface area contributed by atoms with E-state index in [0.717, 1.165) is 24.5 Å². The lowest BCUT2D eigenvalue weighted by Gasteiger charge is -2.24. The maximum atomic E-state index is 5.75. The molecule has 1 aromatic carbocycles. The second-order valence-corrected chi connectivity index (χ2v) is 3.79.